The molecule has 4 saturated carbocycles. The molecule has 4 fully saturated rings. The topological polar surface area (TPSA) is 269 Å². The molecule has 2 aromatic heterocycles. The molecular formula is C46H50F6N8O10S2. The number of carbonyl (C=O) groups is 2. The molecule has 4 N–H and O–H groups in total. The summed E-state index contributed by atoms with van der Waals surface area (Å²) in [7, 11) is -6.37. The van der Waals surface area contributed by atoms with Gasteiger partial charge in [-0.3, -0.25) is 19.0 Å². The molecule has 2 amide bonds. The summed E-state index contributed by atoms with van der Waals surface area (Å²) in [5.41, 5.74) is -3.63. The minimum Gasteiger partial charge on any atom is -0.394 e. The Hall–Kier alpha value is -5.90. The van der Waals surface area contributed by atoms with Gasteiger partial charge in [0.1, 0.15) is 11.1 Å². The first-order valence-corrected chi connectivity index (χ1v) is 25.7. The van der Waals surface area contributed by atoms with Gasteiger partial charge in [-0.15, -0.1) is 0 Å². The zero-order valence-electron chi connectivity index (χ0n) is 38.7. The molecule has 4 aliphatic rings. The van der Waals surface area contributed by atoms with Crippen LogP contribution in [0.5, 0.6) is 0 Å². The fourth-order valence-corrected chi connectivity index (χ4v) is 13.1. The van der Waals surface area contributed by atoms with Gasteiger partial charge in [-0.05, 0) is 86.8 Å². The number of halogens is 6. The highest BCUT2D eigenvalue weighted by Gasteiger charge is 2.53. The Bertz CT molecular complexity index is 2790. The number of ether oxygens (including phenoxy) is 2. The normalized spacial score (nSPS) is 23.3. The molecule has 6 atom stereocenters. The number of nitrogens with zero attached hydrogens (tertiary/aromatic N) is 6. The molecular weight excluding hydrogens is 1000 g/mol. The third-order valence-electron chi connectivity index (χ3n) is 13.5. The van der Waals surface area contributed by atoms with Gasteiger partial charge >= 0.3 is 12.4 Å². The van der Waals surface area contributed by atoms with Crippen LogP contribution in [0.15, 0.2) is 71.0 Å². The molecule has 4 aromatic rings. The number of aliphatic hydroxyl groups excluding tert-OH is 2. The van der Waals surface area contributed by atoms with Crippen molar-refractivity contribution in [3.63, 3.8) is 0 Å². The standard InChI is InChI=1S/2C23H25F3N4O5S/c2*1-35-19-10-16(9-17(19)21(32)29-22(13-27)4-5-22)36(33,34)20-3-2-14(8-18(20)23(24,25)26)15-11-28-30(12-15)6-7-31/h2*2-3,8,11-12,16-17,19,31H,4-7,9-10H2,1H3,(H,29,32)/t2*16-,17-,19-/m10/s1. The largest absolute Gasteiger partial charge is 0.417 e. The summed E-state index contributed by atoms with van der Waals surface area (Å²) >= 11 is 0. The lowest BCUT2D eigenvalue weighted by molar-refractivity contribution is -0.140. The van der Waals surface area contributed by atoms with E-state index in [0.717, 1.165) is 24.3 Å². The fourth-order valence-electron chi connectivity index (χ4n) is 9.12. The number of nitriles is 2. The number of hydrogen-bond acceptors (Lipinski definition) is 14. The van der Waals surface area contributed by atoms with Crippen LogP contribution in [0, 0.1) is 34.5 Å². The average Bonchev–Trinajstić information content (AvgIpc) is 3.89. The van der Waals surface area contributed by atoms with E-state index in [0.29, 0.717) is 36.8 Å². The van der Waals surface area contributed by atoms with Crippen molar-refractivity contribution in [3.8, 4) is 34.4 Å². The van der Waals surface area contributed by atoms with Gasteiger partial charge in [-0.1, -0.05) is 12.1 Å². The Balaban J connectivity index is 0.000000211. The molecule has 0 unspecified atom stereocenters. The molecule has 388 valence electrons. The Morgan fingerprint density at radius 3 is 1.32 bits per heavy atom. The number of sulfone groups is 2. The molecule has 0 saturated heterocycles. The lowest BCUT2D eigenvalue weighted by Gasteiger charge is -2.19. The van der Waals surface area contributed by atoms with Gasteiger partial charge in [0, 0.05) is 37.7 Å². The molecule has 2 aromatic carbocycles. The smallest absolute Gasteiger partial charge is 0.394 e. The van der Waals surface area contributed by atoms with E-state index in [1.807, 2.05) is 12.1 Å². The lowest BCUT2D eigenvalue weighted by atomic mass is 10.0. The molecule has 72 heavy (non-hydrogen) atoms. The van der Waals surface area contributed by atoms with Crippen LogP contribution >= 0.6 is 0 Å². The van der Waals surface area contributed by atoms with Crippen LogP contribution in [-0.4, -0.2) is 120 Å². The van der Waals surface area contributed by atoms with Crippen molar-refractivity contribution in [2.75, 3.05) is 27.4 Å². The molecule has 4 aliphatic carbocycles. The van der Waals surface area contributed by atoms with Gasteiger partial charge in [0.25, 0.3) is 0 Å². The maximum absolute atomic E-state index is 14.0. The average molecular weight is 1050 g/mol. The first kappa shape index (κ1) is 53.9. The molecule has 0 bridgehead atoms. The molecule has 8 rings (SSSR count). The summed E-state index contributed by atoms with van der Waals surface area (Å²) in [5, 5.41) is 47.1. The van der Waals surface area contributed by atoms with Crippen LogP contribution in [0.3, 0.4) is 0 Å². The first-order valence-electron chi connectivity index (χ1n) is 22.6. The lowest BCUT2D eigenvalue weighted by Crippen LogP contribution is -2.42. The Morgan fingerprint density at radius 1 is 0.667 bits per heavy atom. The Morgan fingerprint density at radius 2 is 1.03 bits per heavy atom. The summed E-state index contributed by atoms with van der Waals surface area (Å²) in [6.07, 6.45) is -4.76. The molecule has 26 heteroatoms. The van der Waals surface area contributed by atoms with Crippen molar-refractivity contribution in [1.29, 1.82) is 10.5 Å². The van der Waals surface area contributed by atoms with E-state index in [9.17, 15) is 63.3 Å². The zero-order chi connectivity index (χ0) is 52.6. The molecule has 18 nitrogen and oxygen atoms in total. The second kappa shape index (κ2) is 20.5. The molecule has 0 radical (unpaired) electrons. The number of carbonyl (C=O) groups excluding carboxylic acids is 2. The van der Waals surface area contributed by atoms with E-state index in [2.05, 4.69) is 20.8 Å². The van der Waals surface area contributed by atoms with Gasteiger partial charge in [-0.2, -0.15) is 47.1 Å². The maximum atomic E-state index is 14.0. The summed E-state index contributed by atoms with van der Waals surface area (Å²) < 4.78 is 151. The van der Waals surface area contributed by atoms with Crippen molar-refractivity contribution in [3.05, 3.63) is 72.3 Å². The van der Waals surface area contributed by atoms with E-state index in [1.165, 1.54) is 60.5 Å². The van der Waals surface area contributed by atoms with E-state index in [1.54, 1.807) is 0 Å². The van der Waals surface area contributed by atoms with Crippen molar-refractivity contribution >= 4 is 31.5 Å². The summed E-state index contributed by atoms with van der Waals surface area (Å²) in [4.78, 5) is 23.8. The molecule has 0 aliphatic heterocycles. The van der Waals surface area contributed by atoms with Crippen LogP contribution in [0.1, 0.15) is 62.5 Å². The monoisotopic (exact) mass is 1050 g/mol. The number of hydrogen-bond donors (Lipinski definition) is 4. The van der Waals surface area contributed by atoms with Crippen LogP contribution in [0.4, 0.5) is 26.3 Å². The number of aliphatic hydroxyl groups is 2. The minimum atomic E-state index is -4.96. The number of benzene rings is 2. The Labute approximate surface area is 409 Å². The second-order valence-corrected chi connectivity index (χ2v) is 22.6. The van der Waals surface area contributed by atoms with Gasteiger partial charge in [0.2, 0.25) is 11.8 Å². The zero-order valence-corrected chi connectivity index (χ0v) is 40.3. The summed E-state index contributed by atoms with van der Waals surface area (Å²) in [6, 6.07) is 10.0. The highest BCUT2D eigenvalue weighted by Crippen LogP contribution is 2.45. The third-order valence-corrected chi connectivity index (χ3v) is 18.0. The number of amides is 2. The first-order chi connectivity index (χ1) is 33.9. The van der Waals surface area contributed by atoms with E-state index in [-0.39, 0.29) is 63.1 Å². The minimum absolute atomic E-state index is 0.121. The van der Waals surface area contributed by atoms with Crippen molar-refractivity contribution < 1.29 is 72.5 Å². The highest BCUT2D eigenvalue weighted by atomic mass is 32.2. The summed E-state index contributed by atoms with van der Waals surface area (Å²) in [5.74, 6) is -2.90. The molecule has 0 spiro atoms. The SMILES string of the molecule is CO[C@@H]1C[C@H](S(=O)(=O)c2ccc(-c3cnn(CCO)c3)cc2C(F)(F)F)C[C@H]1C(=O)NC1(C#N)CC1.CO[C@H]1C[C@@H](S(=O)(=O)c2ccc(-c3cnn(CCO)c3)cc2C(F)(F)F)C[C@@H]1C(=O)NC1(C#N)CC1. The second-order valence-electron chi connectivity index (χ2n) is 18.3. The van der Waals surface area contributed by atoms with Crippen molar-refractivity contribution in [2.45, 2.75) is 120 Å². The fraction of sp³-hybridized carbons (Fsp3) is 0.522. The number of methoxy groups -OCH3 is 2. The highest BCUT2D eigenvalue weighted by molar-refractivity contribution is 7.92. The van der Waals surface area contributed by atoms with Crippen LogP contribution in [-0.2, 0) is 64.2 Å². The number of nitrogens with one attached hydrogen (secondary N) is 2. The van der Waals surface area contributed by atoms with E-state index >= 15 is 0 Å². The van der Waals surface area contributed by atoms with Gasteiger partial charge in [-0.25, -0.2) is 16.8 Å². The third kappa shape index (κ3) is 11.3. The quantitative estimate of drug-likeness (QED) is 0.112. The van der Waals surface area contributed by atoms with Gasteiger partial charge in [0.15, 0.2) is 19.7 Å². The van der Waals surface area contributed by atoms with Crippen molar-refractivity contribution in [2.24, 2.45) is 11.8 Å². The maximum Gasteiger partial charge on any atom is 0.417 e. The van der Waals surface area contributed by atoms with Crippen LogP contribution < -0.4 is 10.6 Å². The molecule has 2 heterocycles. The predicted molar refractivity (Wildman–Crippen MR) is 240 cm³/mol. The Kier molecular flexibility index (Phi) is 15.4. The van der Waals surface area contributed by atoms with Gasteiger partial charge in [0.05, 0.1) is 106 Å². The van der Waals surface area contributed by atoms with Gasteiger partial charge < -0.3 is 30.3 Å². The van der Waals surface area contributed by atoms with E-state index in [4.69, 9.17) is 19.7 Å². The number of rotatable bonds is 16. The van der Waals surface area contributed by atoms with E-state index < -0.39 is 110 Å². The van der Waals surface area contributed by atoms with Crippen LogP contribution in [0.25, 0.3) is 22.3 Å². The van der Waals surface area contributed by atoms with Crippen LogP contribution in [0.2, 0.25) is 0 Å². The number of alkyl halides is 6. The number of aromatic nitrogens is 4. The van der Waals surface area contributed by atoms with Crippen molar-refractivity contribution in [1.82, 2.24) is 30.2 Å². The summed E-state index contributed by atoms with van der Waals surface area (Å²) in [6.45, 7) is -0.0880. The predicted octanol–water partition coefficient (Wildman–Crippen LogP) is 4.60.